The lowest BCUT2D eigenvalue weighted by atomic mass is 10.1. The molecule has 0 unspecified atom stereocenters. The number of hydrogen-bond donors (Lipinski definition) is 0. The lowest BCUT2D eigenvalue weighted by molar-refractivity contribution is -0.114. The highest BCUT2D eigenvalue weighted by atomic mass is 32.2. The molecule has 0 saturated heterocycles. The second-order valence-electron chi connectivity index (χ2n) is 5.77. The molecule has 26 heavy (non-hydrogen) atoms. The van der Waals surface area contributed by atoms with Gasteiger partial charge >= 0.3 is 0 Å². The topological polar surface area (TPSA) is 45.8 Å². The molecule has 4 rings (SSSR count). The van der Waals surface area contributed by atoms with Crippen LogP contribution in [0.3, 0.4) is 0 Å². The van der Waals surface area contributed by atoms with E-state index in [1.165, 1.54) is 5.01 Å². The van der Waals surface area contributed by atoms with Gasteiger partial charge in [0.1, 0.15) is 5.76 Å². The summed E-state index contributed by atoms with van der Waals surface area (Å²) in [6.07, 6.45) is 1.75. The Hall–Kier alpha value is -3.05. The van der Waals surface area contributed by atoms with Crippen molar-refractivity contribution in [2.24, 2.45) is 5.10 Å². The van der Waals surface area contributed by atoms with Crippen molar-refractivity contribution < 1.29 is 9.21 Å². The van der Waals surface area contributed by atoms with E-state index in [9.17, 15) is 4.79 Å². The van der Waals surface area contributed by atoms with E-state index in [4.69, 9.17) is 4.42 Å². The monoisotopic (exact) mass is 360 g/mol. The van der Waals surface area contributed by atoms with E-state index in [0.29, 0.717) is 17.0 Å². The first-order valence-electron chi connectivity index (χ1n) is 8.20. The maximum absolute atomic E-state index is 12.7. The normalized spacial score (nSPS) is 15.6. The highest BCUT2D eigenvalue weighted by Gasteiger charge is 2.28. The average Bonchev–Trinajstić information content (AvgIpc) is 3.23. The number of benzene rings is 2. The van der Waals surface area contributed by atoms with E-state index in [2.05, 4.69) is 5.10 Å². The maximum Gasteiger partial charge on any atom is 0.280 e. The standard InChI is InChI=1S/C21H16N2O2S/c1-15-19(21(24)23(22-15)16-8-4-2-5-9-16)14-17-12-13-20(25-17)26-18-10-6-3-7-11-18/h2-14H,1H3/b19-14+. The summed E-state index contributed by atoms with van der Waals surface area (Å²) in [6, 6.07) is 23.2. The third kappa shape index (κ3) is 3.34. The lowest BCUT2D eigenvalue weighted by Gasteiger charge is -2.10. The van der Waals surface area contributed by atoms with Crippen molar-refractivity contribution in [2.75, 3.05) is 5.01 Å². The molecule has 1 aliphatic rings. The van der Waals surface area contributed by atoms with Gasteiger partial charge in [0.25, 0.3) is 5.91 Å². The van der Waals surface area contributed by atoms with Gasteiger partial charge in [0.2, 0.25) is 0 Å². The fourth-order valence-corrected chi connectivity index (χ4v) is 3.44. The van der Waals surface area contributed by atoms with Crippen molar-refractivity contribution in [1.82, 2.24) is 0 Å². The number of nitrogens with zero attached hydrogens (tertiary/aromatic N) is 2. The van der Waals surface area contributed by atoms with Crippen LogP contribution in [0.5, 0.6) is 0 Å². The molecule has 0 spiro atoms. The second kappa shape index (κ2) is 7.06. The van der Waals surface area contributed by atoms with E-state index < -0.39 is 0 Å². The van der Waals surface area contributed by atoms with Gasteiger partial charge in [0.05, 0.1) is 17.0 Å². The Morgan fingerprint density at radius 1 is 0.962 bits per heavy atom. The highest BCUT2D eigenvalue weighted by molar-refractivity contribution is 7.99. The first-order chi connectivity index (χ1) is 12.7. The highest BCUT2D eigenvalue weighted by Crippen LogP contribution is 2.30. The number of rotatable bonds is 4. The van der Waals surface area contributed by atoms with Gasteiger partial charge < -0.3 is 4.42 Å². The van der Waals surface area contributed by atoms with E-state index in [1.54, 1.807) is 17.8 Å². The Balaban J connectivity index is 1.55. The van der Waals surface area contributed by atoms with Gasteiger partial charge in [0.15, 0.2) is 5.09 Å². The zero-order chi connectivity index (χ0) is 17.9. The number of carbonyl (C=O) groups is 1. The van der Waals surface area contributed by atoms with E-state index >= 15 is 0 Å². The van der Waals surface area contributed by atoms with Crippen LogP contribution in [0.25, 0.3) is 6.08 Å². The van der Waals surface area contributed by atoms with Crippen LogP contribution in [0, 0.1) is 0 Å². The fourth-order valence-electron chi connectivity index (χ4n) is 2.64. The number of anilines is 1. The molecule has 0 N–H and O–H groups in total. The van der Waals surface area contributed by atoms with Gasteiger partial charge in [-0.1, -0.05) is 48.2 Å². The Labute approximate surface area is 155 Å². The van der Waals surface area contributed by atoms with Gasteiger partial charge in [-0.3, -0.25) is 4.79 Å². The lowest BCUT2D eigenvalue weighted by Crippen LogP contribution is -2.21. The number of amides is 1. The zero-order valence-corrected chi connectivity index (χ0v) is 14.9. The van der Waals surface area contributed by atoms with Crippen molar-refractivity contribution in [3.8, 4) is 0 Å². The molecule has 1 amide bonds. The molecule has 3 aromatic rings. The summed E-state index contributed by atoms with van der Waals surface area (Å²) in [5.74, 6) is 0.485. The van der Waals surface area contributed by atoms with Crippen molar-refractivity contribution >= 4 is 35.1 Å². The van der Waals surface area contributed by atoms with Crippen molar-refractivity contribution in [3.63, 3.8) is 0 Å². The molecule has 2 aromatic carbocycles. The molecule has 0 saturated carbocycles. The van der Waals surface area contributed by atoms with Crippen LogP contribution in [0.2, 0.25) is 0 Å². The molecular weight excluding hydrogens is 344 g/mol. The van der Waals surface area contributed by atoms with Crippen molar-refractivity contribution in [3.05, 3.63) is 84.1 Å². The average molecular weight is 360 g/mol. The van der Waals surface area contributed by atoms with Gasteiger partial charge in [-0.2, -0.15) is 10.1 Å². The number of carbonyl (C=O) groups excluding carboxylic acids is 1. The molecule has 5 heteroatoms. The quantitative estimate of drug-likeness (QED) is 0.598. The molecule has 0 bridgehead atoms. The summed E-state index contributed by atoms with van der Waals surface area (Å²) in [5.41, 5.74) is 1.96. The van der Waals surface area contributed by atoms with Gasteiger partial charge in [-0.15, -0.1) is 0 Å². The van der Waals surface area contributed by atoms with E-state index in [0.717, 1.165) is 15.7 Å². The number of furan rings is 1. The summed E-state index contributed by atoms with van der Waals surface area (Å²) < 4.78 is 5.85. The van der Waals surface area contributed by atoms with Crippen LogP contribution in [0.1, 0.15) is 12.7 Å². The summed E-state index contributed by atoms with van der Waals surface area (Å²) >= 11 is 1.54. The Morgan fingerprint density at radius 2 is 1.65 bits per heavy atom. The van der Waals surface area contributed by atoms with Gasteiger partial charge in [-0.05, 0) is 49.4 Å². The minimum Gasteiger partial charge on any atom is -0.450 e. The molecule has 0 radical (unpaired) electrons. The summed E-state index contributed by atoms with van der Waals surface area (Å²) in [6.45, 7) is 1.83. The Kier molecular flexibility index (Phi) is 4.46. The van der Waals surface area contributed by atoms with Crippen LogP contribution in [-0.2, 0) is 4.79 Å². The predicted molar refractivity (Wildman–Crippen MR) is 104 cm³/mol. The molecule has 2 heterocycles. The molecule has 128 valence electrons. The summed E-state index contributed by atoms with van der Waals surface area (Å²) in [7, 11) is 0. The Morgan fingerprint density at radius 3 is 2.38 bits per heavy atom. The third-order valence-electron chi connectivity index (χ3n) is 3.91. The molecule has 0 aliphatic carbocycles. The van der Waals surface area contributed by atoms with E-state index in [-0.39, 0.29) is 5.91 Å². The molecular formula is C21H16N2O2S. The number of hydrazone groups is 1. The first kappa shape index (κ1) is 16.4. The van der Waals surface area contributed by atoms with Crippen LogP contribution in [0.4, 0.5) is 5.69 Å². The van der Waals surface area contributed by atoms with Crippen molar-refractivity contribution in [1.29, 1.82) is 0 Å². The maximum atomic E-state index is 12.7. The molecule has 0 atom stereocenters. The smallest absolute Gasteiger partial charge is 0.280 e. The van der Waals surface area contributed by atoms with Gasteiger partial charge in [0, 0.05) is 4.90 Å². The van der Waals surface area contributed by atoms with Crippen LogP contribution in [0.15, 0.2) is 97.9 Å². The minimum absolute atomic E-state index is 0.151. The summed E-state index contributed by atoms with van der Waals surface area (Å²) in [5, 5.41) is 6.58. The first-order valence-corrected chi connectivity index (χ1v) is 9.02. The number of para-hydroxylation sites is 1. The SMILES string of the molecule is CC1=NN(c2ccccc2)C(=O)/C1=C/c1ccc(Sc2ccccc2)o1. The zero-order valence-electron chi connectivity index (χ0n) is 14.1. The molecule has 0 fully saturated rings. The second-order valence-corrected chi connectivity index (χ2v) is 6.85. The van der Waals surface area contributed by atoms with Crippen molar-refractivity contribution in [2.45, 2.75) is 16.9 Å². The van der Waals surface area contributed by atoms with Gasteiger partial charge in [-0.25, -0.2) is 0 Å². The molecule has 1 aromatic heterocycles. The minimum atomic E-state index is -0.151. The Bertz CT molecular complexity index is 991. The van der Waals surface area contributed by atoms with Crippen LogP contribution < -0.4 is 5.01 Å². The molecule has 4 nitrogen and oxygen atoms in total. The molecule has 1 aliphatic heterocycles. The fraction of sp³-hybridized carbons (Fsp3) is 0.0476. The number of hydrogen-bond acceptors (Lipinski definition) is 4. The van der Waals surface area contributed by atoms with Crippen LogP contribution >= 0.6 is 11.8 Å². The predicted octanol–water partition coefficient (Wildman–Crippen LogP) is 5.24. The third-order valence-corrected chi connectivity index (χ3v) is 4.84. The van der Waals surface area contributed by atoms with E-state index in [1.807, 2.05) is 79.7 Å². The largest absolute Gasteiger partial charge is 0.450 e. The summed E-state index contributed by atoms with van der Waals surface area (Å²) in [4.78, 5) is 13.8. The van der Waals surface area contributed by atoms with Crippen LogP contribution in [-0.4, -0.2) is 11.6 Å².